The van der Waals surface area contributed by atoms with Gasteiger partial charge in [-0.1, -0.05) is 55.2 Å². The Bertz CT molecular complexity index is 843. The molecule has 0 aromatic heterocycles. The van der Waals surface area contributed by atoms with Crippen LogP contribution in [0.5, 0.6) is 0 Å². The Morgan fingerprint density at radius 2 is 1.69 bits per heavy atom. The lowest BCUT2D eigenvalue weighted by Crippen LogP contribution is -2.49. The highest BCUT2D eigenvalue weighted by molar-refractivity contribution is 6.42. The number of carbonyl (C=O) groups is 2. The molecule has 0 bridgehead atoms. The lowest BCUT2D eigenvalue weighted by atomic mass is 10.1. The summed E-state index contributed by atoms with van der Waals surface area (Å²) in [5.41, 5.74) is 1.45. The van der Waals surface area contributed by atoms with Gasteiger partial charge in [-0.05, 0) is 48.2 Å². The van der Waals surface area contributed by atoms with E-state index in [1.165, 1.54) is 12.1 Å². The van der Waals surface area contributed by atoms with Gasteiger partial charge in [-0.2, -0.15) is 0 Å². The Morgan fingerprint density at radius 1 is 1.03 bits per heavy atom. The number of carbonyl (C=O) groups excluding carboxylic acids is 2. The lowest BCUT2D eigenvalue weighted by molar-refractivity contribution is -0.140. The molecule has 2 aromatic carbocycles. The average molecular weight is 439 g/mol. The van der Waals surface area contributed by atoms with E-state index in [1.54, 1.807) is 35.2 Å². The SMILES string of the molecule is CCCNC(=O)[C@H](CC)N(Cc1ccc(F)cc1)C(=O)Cc1ccc(Cl)c(Cl)c1. The largest absolute Gasteiger partial charge is 0.354 e. The fraction of sp³-hybridized carbons (Fsp3) is 0.364. The molecule has 1 atom stereocenters. The minimum atomic E-state index is -0.623. The highest BCUT2D eigenvalue weighted by atomic mass is 35.5. The van der Waals surface area contributed by atoms with Gasteiger partial charge in [-0.25, -0.2) is 4.39 Å². The van der Waals surface area contributed by atoms with Crippen LogP contribution in [0, 0.1) is 5.82 Å². The Kier molecular flexibility index (Phi) is 8.93. The third-order valence-corrected chi connectivity index (χ3v) is 5.28. The quantitative estimate of drug-likeness (QED) is 0.597. The van der Waals surface area contributed by atoms with Gasteiger partial charge in [0.2, 0.25) is 11.8 Å². The predicted octanol–water partition coefficient (Wildman–Crippen LogP) is 5.01. The molecule has 2 aromatic rings. The summed E-state index contributed by atoms with van der Waals surface area (Å²) in [6.45, 7) is 4.58. The van der Waals surface area contributed by atoms with Crippen LogP contribution < -0.4 is 5.32 Å². The van der Waals surface area contributed by atoms with Gasteiger partial charge in [0.25, 0.3) is 0 Å². The number of rotatable bonds is 9. The molecule has 0 radical (unpaired) electrons. The second-order valence-electron chi connectivity index (χ2n) is 6.79. The van der Waals surface area contributed by atoms with Gasteiger partial charge < -0.3 is 10.2 Å². The maximum Gasteiger partial charge on any atom is 0.242 e. The molecule has 2 rings (SSSR count). The molecule has 0 heterocycles. The average Bonchev–Trinajstić information content (AvgIpc) is 2.70. The van der Waals surface area contributed by atoms with E-state index in [9.17, 15) is 14.0 Å². The van der Waals surface area contributed by atoms with Crippen LogP contribution in [-0.2, 0) is 22.6 Å². The van der Waals surface area contributed by atoms with Crippen LogP contribution in [0.15, 0.2) is 42.5 Å². The number of amides is 2. The van der Waals surface area contributed by atoms with Gasteiger partial charge in [-0.3, -0.25) is 9.59 Å². The molecule has 29 heavy (non-hydrogen) atoms. The second kappa shape index (κ2) is 11.2. The zero-order valence-electron chi connectivity index (χ0n) is 16.6. The first-order valence-electron chi connectivity index (χ1n) is 9.61. The Labute approximate surface area is 181 Å². The summed E-state index contributed by atoms with van der Waals surface area (Å²) in [6.07, 6.45) is 1.34. The molecule has 156 valence electrons. The lowest BCUT2D eigenvalue weighted by Gasteiger charge is -2.31. The van der Waals surface area contributed by atoms with Crippen molar-refractivity contribution in [1.82, 2.24) is 10.2 Å². The van der Waals surface area contributed by atoms with Crippen molar-refractivity contribution in [3.63, 3.8) is 0 Å². The third-order valence-electron chi connectivity index (χ3n) is 4.54. The van der Waals surface area contributed by atoms with E-state index in [4.69, 9.17) is 23.2 Å². The van der Waals surface area contributed by atoms with E-state index in [1.807, 2.05) is 13.8 Å². The van der Waals surface area contributed by atoms with Crippen LogP contribution in [0.25, 0.3) is 0 Å². The summed E-state index contributed by atoms with van der Waals surface area (Å²) in [5, 5.41) is 3.65. The number of nitrogens with one attached hydrogen (secondary N) is 1. The van der Waals surface area contributed by atoms with Gasteiger partial charge in [0, 0.05) is 13.1 Å². The third kappa shape index (κ3) is 6.72. The van der Waals surface area contributed by atoms with Crippen molar-refractivity contribution in [2.45, 2.75) is 45.7 Å². The monoisotopic (exact) mass is 438 g/mol. The van der Waals surface area contributed by atoms with Gasteiger partial charge in [-0.15, -0.1) is 0 Å². The van der Waals surface area contributed by atoms with Crippen molar-refractivity contribution in [2.24, 2.45) is 0 Å². The van der Waals surface area contributed by atoms with Crippen molar-refractivity contribution in [3.05, 3.63) is 69.5 Å². The van der Waals surface area contributed by atoms with Crippen LogP contribution in [0.4, 0.5) is 4.39 Å². The standard InChI is InChI=1S/C22H25Cl2FN2O2/c1-3-11-26-22(29)20(4-2)27(14-15-5-8-17(25)9-6-15)21(28)13-16-7-10-18(23)19(24)12-16/h5-10,12,20H,3-4,11,13-14H2,1-2H3,(H,26,29)/t20-/m0/s1. The normalized spacial score (nSPS) is 11.8. The molecule has 0 fully saturated rings. The van der Waals surface area contributed by atoms with E-state index < -0.39 is 6.04 Å². The first-order valence-corrected chi connectivity index (χ1v) is 10.4. The number of hydrogen-bond donors (Lipinski definition) is 1. The smallest absolute Gasteiger partial charge is 0.242 e. The maximum absolute atomic E-state index is 13.3. The van der Waals surface area contributed by atoms with Gasteiger partial charge >= 0.3 is 0 Å². The Morgan fingerprint density at radius 3 is 2.28 bits per heavy atom. The molecular formula is C22H25Cl2FN2O2. The minimum absolute atomic E-state index is 0.0790. The molecule has 7 heteroatoms. The van der Waals surface area contributed by atoms with Crippen molar-refractivity contribution in [2.75, 3.05) is 6.54 Å². The fourth-order valence-corrected chi connectivity index (χ4v) is 3.32. The predicted molar refractivity (Wildman–Crippen MR) is 114 cm³/mol. The highest BCUT2D eigenvalue weighted by Gasteiger charge is 2.28. The van der Waals surface area contributed by atoms with Crippen LogP contribution in [0.3, 0.4) is 0 Å². The van der Waals surface area contributed by atoms with Gasteiger partial charge in [0.1, 0.15) is 11.9 Å². The van der Waals surface area contributed by atoms with Crippen molar-refractivity contribution in [3.8, 4) is 0 Å². The molecule has 2 amide bonds. The number of hydrogen-bond acceptors (Lipinski definition) is 2. The van der Waals surface area contributed by atoms with Crippen LogP contribution in [-0.4, -0.2) is 29.3 Å². The van der Waals surface area contributed by atoms with Gasteiger partial charge in [0.05, 0.1) is 16.5 Å². The summed E-state index contributed by atoms with van der Waals surface area (Å²) < 4.78 is 13.3. The molecule has 0 saturated heterocycles. The molecule has 0 unspecified atom stereocenters. The number of halogens is 3. The molecule has 1 N–H and O–H groups in total. The van der Waals surface area contributed by atoms with Crippen molar-refractivity contribution >= 4 is 35.0 Å². The first-order chi connectivity index (χ1) is 13.8. The number of benzene rings is 2. The van der Waals surface area contributed by atoms with Crippen molar-refractivity contribution in [1.29, 1.82) is 0 Å². The van der Waals surface area contributed by atoms with E-state index in [0.29, 0.717) is 28.6 Å². The van der Waals surface area contributed by atoms with Gasteiger partial charge in [0.15, 0.2) is 0 Å². The summed E-state index contributed by atoms with van der Waals surface area (Å²) in [5.74, 6) is -0.764. The highest BCUT2D eigenvalue weighted by Crippen LogP contribution is 2.23. The summed E-state index contributed by atoms with van der Waals surface area (Å²) in [6, 6.07) is 10.3. The van der Waals surface area contributed by atoms with Crippen LogP contribution in [0.2, 0.25) is 10.0 Å². The minimum Gasteiger partial charge on any atom is -0.354 e. The zero-order chi connectivity index (χ0) is 21.4. The Hall–Kier alpha value is -2.11. The summed E-state index contributed by atoms with van der Waals surface area (Å²) >= 11 is 12.0. The molecule has 4 nitrogen and oxygen atoms in total. The molecular weight excluding hydrogens is 414 g/mol. The molecule has 0 aliphatic carbocycles. The van der Waals surface area contributed by atoms with Crippen molar-refractivity contribution < 1.29 is 14.0 Å². The molecule has 0 aliphatic rings. The zero-order valence-corrected chi connectivity index (χ0v) is 18.1. The van der Waals surface area contributed by atoms with Crippen LogP contribution in [0.1, 0.15) is 37.8 Å². The van der Waals surface area contributed by atoms with E-state index in [-0.39, 0.29) is 30.6 Å². The Balaban J connectivity index is 2.27. The fourth-order valence-electron chi connectivity index (χ4n) is 3.00. The first kappa shape index (κ1) is 23.2. The van der Waals surface area contributed by atoms with E-state index in [0.717, 1.165) is 12.0 Å². The summed E-state index contributed by atoms with van der Waals surface area (Å²) in [4.78, 5) is 27.4. The van der Waals surface area contributed by atoms with Crippen LogP contribution >= 0.6 is 23.2 Å². The summed E-state index contributed by atoms with van der Waals surface area (Å²) in [7, 11) is 0. The topological polar surface area (TPSA) is 49.4 Å². The second-order valence-corrected chi connectivity index (χ2v) is 7.60. The van der Waals surface area contributed by atoms with E-state index >= 15 is 0 Å². The molecule has 0 spiro atoms. The molecule has 0 aliphatic heterocycles. The maximum atomic E-state index is 13.3. The molecule has 0 saturated carbocycles. The number of nitrogens with zero attached hydrogens (tertiary/aromatic N) is 1. The van der Waals surface area contributed by atoms with E-state index in [2.05, 4.69) is 5.32 Å².